The van der Waals surface area contributed by atoms with Crippen molar-refractivity contribution in [3.63, 3.8) is 0 Å². The molecule has 4 nitrogen and oxygen atoms in total. The largest absolute Gasteiger partial charge is 0.398 e. The van der Waals surface area contributed by atoms with E-state index in [9.17, 15) is 4.79 Å². The average molecular weight is 337 g/mol. The number of rotatable bonds is 4. The molecule has 1 aliphatic heterocycles. The molecule has 3 aromatic rings. The van der Waals surface area contributed by atoms with E-state index in [0.717, 1.165) is 47.6 Å². The van der Waals surface area contributed by atoms with E-state index in [1.165, 1.54) is 10.3 Å². The van der Waals surface area contributed by atoms with Gasteiger partial charge in [0.05, 0.1) is 11.7 Å². The second-order valence-corrected chi connectivity index (χ2v) is 7.11. The summed E-state index contributed by atoms with van der Waals surface area (Å²) >= 11 is 1.68. The van der Waals surface area contributed by atoms with Crippen LogP contribution in [0.15, 0.2) is 58.3 Å². The van der Waals surface area contributed by atoms with Crippen molar-refractivity contribution < 1.29 is 4.79 Å². The second-order valence-electron chi connectivity index (χ2n) is 6.05. The summed E-state index contributed by atoms with van der Waals surface area (Å²) in [7, 11) is 0. The Kier molecular flexibility index (Phi) is 3.94. The van der Waals surface area contributed by atoms with Gasteiger partial charge in [-0.3, -0.25) is 4.79 Å². The quantitative estimate of drug-likeness (QED) is 0.554. The lowest BCUT2D eigenvalue weighted by molar-refractivity contribution is -0.119. The van der Waals surface area contributed by atoms with E-state index in [-0.39, 0.29) is 6.04 Å². The summed E-state index contributed by atoms with van der Waals surface area (Å²) in [5, 5.41) is 1.18. The number of aromatic amines is 1. The van der Waals surface area contributed by atoms with E-state index >= 15 is 0 Å². The number of carbonyl (C=O) groups is 1. The smallest absolute Gasteiger partial charge is 0.210 e. The van der Waals surface area contributed by atoms with Gasteiger partial charge >= 0.3 is 0 Å². The molecule has 1 atom stereocenters. The van der Waals surface area contributed by atoms with Gasteiger partial charge in [-0.15, -0.1) is 0 Å². The van der Waals surface area contributed by atoms with Crippen LogP contribution in [0.4, 0.5) is 5.69 Å². The first-order chi connectivity index (χ1) is 11.8. The number of anilines is 1. The minimum Gasteiger partial charge on any atom is -0.398 e. The van der Waals surface area contributed by atoms with Gasteiger partial charge in [0.2, 0.25) is 6.41 Å². The number of nitrogens with two attached hydrogens (primary N) is 1. The normalized spacial score (nSPS) is 17.5. The number of aromatic nitrogens is 1. The summed E-state index contributed by atoms with van der Waals surface area (Å²) in [5.74, 6) is 0. The number of carbonyl (C=O) groups excluding carboxylic acids is 1. The third-order valence-corrected chi connectivity index (χ3v) is 5.82. The summed E-state index contributed by atoms with van der Waals surface area (Å²) < 4.78 is 0. The topological polar surface area (TPSA) is 62.1 Å². The van der Waals surface area contributed by atoms with Gasteiger partial charge in [0.25, 0.3) is 0 Å². The molecule has 2 aromatic carbocycles. The molecule has 4 rings (SSSR count). The number of nitrogen functional groups attached to an aromatic ring is 1. The van der Waals surface area contributed by atoms with Crippen molar-refractivity contribution in [1.29, 1.82) is 0 Å². The van der Waals surface area contributed by atoms with Crippen LogP contribution in [0.5, 0.6) is 0 Å². The Labute approximate surface area is 145 Å². The zero-order valence-electron chi connectivity index (χ0n) is 13.2. The van der Waals surface area contributed by atoms with Gasteiger partial charge in [-0.1, -0.05) is 42.1 Å². The van der Waals surface area contributed by atoms with E-state index in [0.29, 0.717) is 0 Å². The van der Waals surface area contributed by atoms with E-state index in [1.807, 2.05) is 41.3 Å². The van der Waals surface area contributed by atoms with Gasteiger partial charge in [-0.25, -0.2) is 0 Å². The van der Waals surface area contributed by atoms with E-state index in [1.54, 1.807) is 11.8 Å². The Balaban J connectivity index is 1.84. The Morgan fingerprint density at radius 2 is 1.96 bits per heavy atom. The Hall–Kier alpha value is -2.40. The molecule has 0 spiro atoms. The fraction of sp³-hybridized carbons (Fsp3) is 0.211. The number of likely N-dealkylation sites (tertiary alicyclic amines) is 1. The standard InChI is InChI=1S/C19H19N3OS/c20-14-7-2-4-10-17(14)24-19-13-6-1-3-8-15(13)21-18(19)16-9-5-11-22(16)12-23/h1-4,6-8,10,12,16,21H,5,9,11,20H2. The number of hydrogen-bond donors (Lipinski definition) is 2. The first-order valence-electron chi connectivity index (χ1n) is 8.12. The molecular formula is C19H19N3OS. The summed E-state index contributed by atoms with van der Waals surface area (Å²) in [6.45, 7) is 0.821. The Morgan fingerprint density at radius 1 is 1.17 bits per heavy atom. The highest BCUT2D eigenvalue weighted by atomic mass is 32.2. The first-order valence-corrected chi connectivity index (χ1v) is 8.93. The third kappa shape index (κ3) is 2.55. The maximum atomic E-state index is 11.4. The van der Waals surface area contributed by atoms with Crippen molar-refractivity contribution in [2.75, 3.05) is 12.3 Å². The molecule has 5 heteroatoms. The van der Waals surface area contributed by atoms with Gasteiger partial charge in [-0.2, -0.15) is 0 Å². The number of benzene rings is 2. The van der Waals surface area contributed by atoms with Gasteiger partial charge < -0.3 is 15.6 Å². The molecule has 24 heavy (non-hydrogen) atoms. The molecule has 1 fully saturated rings. The lowest BCUT2D eigenvalue weighted by Crippen LogP contribution is -2.21. The SMILES string of the molecule is Nc1ccccc1Sc1c(C2CCCN2C=O)[nH]c2ccccc12. The fourth-order valence-corrected chi connectivity index (χ4v) is 4.53. The third-order valence-electron chi connectivity index (χ3n) is 4.58. The minimum absolute atomic E-state index is 0.113. The molecule has 1 aliphatic rings. The molecule has 0 saturated carbocycles. The highest BCUT2D eigenvalue weighted by Gasteiger charge is 2.29. The lowest BCUT2D eigenvalue weighted by atomic mass is 10.1. The molecule has 0 radical (unpaired) electrons. The van der Waals surface area contributed by atoms with E-state index in [4.69, 9.17) is 5.73 Å². The van der Waals surface area contributed by atoms with Crippen LogP contribution < -0.4 is 5.73 Å². The van der Waals surface area contributed by atoms with Crippen molar-refractivity contribution >= 4 is 34.8 Å². The molecule has 1 saturated heterocycles. The number of nitrogens with one attached hydrogen (secondary N) is 1. The number of hydrogen-bond acceptors (Lipinski definition) is 3. The summed E-state index contributed by atoms with van der Waals surface area (Å²) in [6.07, 6.45) is 2.99. The van der Waals surface area contributed by atoms with Crippen LogP contribution in [0.3, 0.4) is 0 Å². The van der Waals surface area contributed by atoms with Crippen molar-refractivity contribution in [2.24, 2.45) is 0 Å². The number of amides is 1. The minimum atomic E-state index is 0.113. The molecule has 2 heterocycles. The number of nitrogens with zero attached hydrogens (tertiary/aromatic N) is 1. The Morgan fingerprint density at radius 3 is 2.79 bits per heavy atom. The summed E-state index contributed by atoms with van der Waals surface area (Å²) in [6, 6.07) is 16.3. The molecule has 0 aliphatic carbocycles. The first kappa shape index (κ1) is 15.1. The molecule has 122 valence electrons. The van der Waals surface area contributed by atoms with Crippen molar-refractivity contribution in [3.8, 4) is 0 Å². The molecule has 0 bridgehead atoms. The highest BCUT2D eigenvalue weighted by molar-refractivity contribution is 7.99. The van der Waals surface area contributed by atoms with Crippen molar-refractivity contribution in [2.45, 2.75) is 28.7 Å². The van der Waals surface area contributed by atoms with Crippen LogP contribution >= 0.6 is 11.8 Å². The number of fused-ring (bicyclic) bond motifs is 1. The molecule has 1 amide bonds. The van der Waals surface area contributed by atoms with Crippen molar-refractivity contribution in [3.05, 3.63) is 54.2 Å². The van der Waals surface area contributed by atoms with Crippen LogP contribution in [0, 0.1) is 0 Å². The lowest BCUT2D eigenvalue weighted by Gasteiger charge is -2.20. The van der Waals surface area contributed by atoms with E-state index in [2.05, 4.69) is 17.1 Å². The van der Waals surface area contributed by atoms with Gasteiger partial charge in [0.1, 0.15) is 0 Å². The maximum Gasteiger partial charge on any atom is 0.210 e. The number of para-hydroxylation sites is 2. The predicted molar refractivity (Wildman–Crippen MR) is 98.0 cm³/mol. The Bertz CT molecular complexity index is 889. The monoisotopic (exact) mass is 337 g/mol. The predicted octanol–water partition coefficient (Wildman–Crippen LogP) is 4.19. The second kappa shape index (κ2) is 6.24. The zero-order chi connectivity index (χ0) is 16.5. The van der Waals surface area contributed by atoms with Gasteiger partial charge in [0, 0.05) is 32.9 Å². The molecule has 1 aromatic heterocycles. The number of H-pyrrole nitrogens is 1. The van der Waals surface area contributed by atoms with Gasteiger partial charge in [0.15, 0.2) is 0 Å². The highest BCUT2D eigenvalue weighted by Crippen LogP contribution is 2.44. The molecular weight excluding hydrogens is 318 g/mol. The van der Waals surface area contributed by atoms with Crippen molar-refractivity contribution in [1.82, 2.24) is 9.88 Å². The van der Waals surface area contributed by atoms with Crippen LogP contribution in [0.2, 0.25) is 0 Å². The average Bonchev–Trinajstić information content (AvgIpc) is 3.21. The fourth-order valence-electron chi connectivity index (χ4n) is 3.39. The summed E-state index contributed by atoms with van der Waals surface area (Å²) in [5.41, 5.74) is 9.13. The van der Waals surface area contributed by atoms with Gasteiger partial charge in [-0.05, 0) is 31.0 Å². The van der Waals surface area contributed by atoms with Crippen LogP contribution in [0.1, 0.15) is 24.6 Å². The van der Waals surface area contributed by atoms with Crippen LogP contribution in [0.25, 0.3) is 10.9 Å². The zero-order valence-corrected chi connectivity index (χ0v) is 14.1. The van der Waals surface area contributed by atoms with Crippen LogP contribution in [-0.4, -0.2) is 22.8 Å². The van der Waals surface area contributed by atoms with Crippen LogP contribution in [-0.2, 0) is 4.79 Å². The molecule has 3 N–H and O–H groups in total. The molecule has 1 unspecified atom stereocenters. The summed E-state index contributed by atoms with van der Waals surface area (Å²) in [4.78, 5) is 19.1. The maximum absolute atomic E-state index is 11.4. The van der Waals surface area contributed by atoms with E-state index < -0.39 is 0 Å².